The van der Waals surface area contributed by atoms with Gasteiger partial charge in [0, 0.05) is 24.7 Å². The van der Waals surface area contributed by atoms with Crippen LogP contribution < -0.4 is 4.90 Å². The van der Waals surface area contributed by atoms with Crippen molar-refractivity contribution in [1.29, 1.82) is 0 Å². The summed E-state index contributed by atoms with van der Waals surface area (Å²) in [6, 6.07) is 2.71. The fourth-order valence-electron chi connectivity index (χ4n) is 2.62. The Morgan fingerprint density at radius 2 is 1.91 bits per heavy atom. The summed E-state index contributed by atoms with van der Waals surface area (Å²) in [4.78, 5) is 24.2. The first-order chi connectivity index (χ1) is 10.8. The number of nitrogens with zero attached hydrogens (tertiary/aromatic N) is 2. The molecule has 1 aliphatic rings. The van der Waals surface area contributed by atoms with Crippen LogP contribution in [0.1, 0.15) is 28.8 Å². The van der Waals surface area contributed by atoms with Crippen LogP contribution in [0.5, 0.6) is 0 Å². The minimum atomic E-state index is -1.67. The average Bonchev–Trinajstić information content (AvgIpc) is 2.53. The van der Waals surface area contributed by atoms with Crippen molar-refractivity contribution in [1.82, 2.24) is 0 Å². The molecule has 6 nitrogen and oxygen atoms in total. The SMILES string of the molecule is COC(=O)c1cc(C)c([N+](=O)[O-])cc1N1CCC(=C(F)F)CC1. The molecular formula is C15H16F2N2O4. The number of hydrogen-bond donors (Lipinski definition) is 0. The third kappa shape index (κ3) is 3.46. The fraction of sp³-hybridized carbons (Fsp3) is 0.400. The summed E-state index contributed by atoms with van der Waals surface area (Å²) in [6.45, 7) is 2.05. The summed E-state index contributed by atoms with van der Waals surface area (Å²) in [6.07, 6.45) is -1.36. The number of anilines is 1. The quantitative estimate of drug-likeness (QED) is 0.483. The molecule has 0 spiro atoms. The molecule has 1 aromatic rings. The van der Waals surface area contributed by atoms with Gasteiger partial charge in [-0.2, -0.15) is 8.78 Å². The van der Waals surface area contributed by atoms with Crippen molar-refractivity contribution in [2.24, 2.45) is 0 Å². The Hall–Kier alpha value is -2.51. The van der Waals surface area contributed by atoms with Gasteiger partial charge in [-0.25, -0.2) is 4.79 Å². The number of benzene rings is 1. The highest BCUT2D eigenvalue weighted by atomic mass is 19.3. The lowest BCUT2D eigenvalue weighted by Gasteiger charge is -2.31. The Balaban J connectivity index is 2.43. The van der Waals surface area contributed by atoms with Gasteiger partial charge in [0.15, 0.2) is 0 Å². The van der Waals surface area contributed by atoms with Crippen LogP contribution in [0.4, 0.5) is 20.2 Å². The molecule has 1 heterocycles. The molecule has 0 amide bonds. The molecule has 8 heteroatoms. The van der Waals surface area contributed by atoms with Crippen LogP contribution in [-0.4, -0.2) is 31.1 Å². The van der Waals surface area contributed by atoms with E-state index in [1.54, 1.807) is 4.90 Å². The predicted molar refractivity (Wildman–Crippen MR) is 79.9 cm³/mol. The molecule has 1 aliphatic heterocycles. The molecule has 0 N–H and O–H groups in total. The van der Waals surface area contributed by atoms with Gasteiger partial charge in [-0.05, 0) is 31.4 Å². The number of carbonyl (C=O) groups is 1. The van der Waals surface area contributed by atoms with E-state index in [9.17, 15) is 23.7 Å². The molecule has 0 unspecified atom stereocenters. The minimum Gasteiger partial charge on any atom is -0.465 e. The normalized spacial score (nSPS) is 14.6. The summed E-state index contributed by atoms with van der Waals surface area (Å²) >= 11 is 0. The zero-order valence-electron chi connectivity index (χ0n) is 12.8. The van der Waals surface area contributed by atoms with E-state index < -0.39 is 17.0 Å². The Morgan fingerprint density at radius 1 is 1.30 bits per heavy atom. The zero-order valence-corrected chi connectivity index (χ0v) is 12.8. The molecule has 23 heavy (non-hydrogen) atoms. The summed E-state index contributed by atoms with van der Waals surface area (Å²) in [7, 11) is 1.22. The number of methoxy groups -OCH3 is 1. The number of carbonyl (C=O) groups excluding carboxylic acids is 1. The van der Waals surface area contributed by atoms with Crippen molar-refractivity contribution < 1.29 is 23.2 Å². The topological polar surface area (TPSA) is 72.7 Å². The monoisotopic (exact) mass is 326 g/mol. The van der Waals surface area contributed by atoms with E-state index in [2.05, 4.69) is 0 Å². The molecular weight excluding hydrogens is 310 g/mol. The molecule has 0 saturated carbocycles. The van der Waals surface area contributed by atoms with Gasteiger partial charge < -0.3 is 9.64 Å². The molecule has 0 radical (unpaired) electrons. The molecule has 0 aliphatic carbocycles. The maximum absolute atomic E-state index is 12.6. The lowest BCUT2D eigenvalue weighted by atomic mass is 10.0. The van der Waals surface area contributed by atoms with Crippen molar-refractivity contribution in [3.8, 4) is 0 Å². The second-order valence-electron chi connectivity index (χ2n) is 5.26. The molecule has 1 aromatic carbocycles. The predicted octanol–water partition coefficient (Wildman–Crippen LogP) is 3.44. The second-order valence-corrected chi connectivity index (χ2v) is 5.26. The highest BCUT2D eigenvalue weighted by Gasteiger charge is 2.26. The van der Waals surface area contributed by atoms with Gasteiger partial charge in [0.2, 0.25) is 0 Å². The van der Waals surface area contributed by atoms with Crippen molar-refractivity contribution in [2.45, 2.75) is 19.8 Å². The number of aryl methyl sites for hydroxylation is 1. The molecule has 124 valence electrons. The number of piperidine rings is 1. The second kappa shape index (κ2) is 6.72. The largest absolute Gasteiger partial charge is 0.465 e. The van der Waals surface area contributed by atoms with E-state index >= 15 is 0 Å². The minimum absolute atomic E-state index is 0.0856. The smallest absolute Gasteiger partial charge is 0.339 e. The highest BCUT2D eigenvalue weighted by molar-refractivity contribution is 5.97. The summed E-state index contributed by atoms with van der Waals surface area (Å²) in [5.74, 6) is -0.615. The van der Waals surface area contributed by atoms with Crippen LogP contribution in [0.3, 0.4) is 0 Å². The number of halogens is 2. The first-order valence-electron chi connectivity index (χ1n) is 7.00. The zero-order chi connectivity index (χ0) is 17.1. The third-order valence-corrected chi connectivity index (χ3v) is 3.89. The number of rotatable bonds is 3. The lowest BCUT2D eigenvalue weighted by molar-refractivity contribution is -0.385. The Morgan fingerprint density at radius 3 is 2.39 bits per heavy atom. The van der Waals surface area contributed by atoms with Gasteiger partial charge in [0.1, 0.15) is 0 Å². The summed E-state index contributed by atoms with van der Waals surface area (Å²) in [5.41, 5.74) is 0.843. The van der Waals surface area contributed by atoms with E-state index in [4.69, 9.17) is 4.74 Å². The number of nitro groups is 1. The number of hydrogen-bond acceptors (Lipinski definition) is 5. The Labute approximate surface area is 131 Å². The summed E-state index contributed by atoms with van der Waals surface area (Å²) in [5, 5.41) is 11.1. The molecule has 1 saturated heterocycles. The highest BCUT2D eigenvalue weighted by Crippen LogP contribution is 2.33. The van der Waals surface area contributed by atoms with Gasteiger partial charge in [0.05, 0.1) is 23.3 Å². The van der Waals surface area contributed by atoms with Crippen molar-refractivity contribution >= 4 is 17.3 Å². The molecule has 0 atom stereocenters. The van der Waals surface area contributed by atoms with Crippen molar-refractivity contribution in [2.75, 3.05) is 25.1 Å². The Kier molecular flexibility index (Phi) is 4.92. The van der Waals surface area contributed by atoms with E-state index in [1.165, 1.54) is 26.2 Å². The third-order valence-electron chi connectivity index (χ3n) is 3.89. The molecule has 1 fully saturated rings. The van der Waals surface area contributed by atoms with Gasteiger partial charge in [-0.15, -0.1) is 0 Å². The van der Waals surface area contributed by atoms with Gasteiger partial charge in [-0.3, -0.25) is 10.1 Å². The fourth-order valence-corrected chi connectivity index (χ4v) is 2.62. The molecule has 0 bridgehead atoms. The average molecular weight is 326 g/mol. The van der Waals surface area contributed by atoms with Crippen molar-refractivity contribution in [3.05, 3.63) is 45.0 Å². The number of esters is 1. The number of ether oxygens (including phenoxy) is 1. The first kappa shape index (κ1) is 16.9. The Bertz CT molecular complexity index is 674. The maximum Gasteiger partial charge on any atom is 0.339 e. The standard InChI is InChI=1S/C15H16F2N2O4/c1-9-7-11(15(20)23-2)13(8-12(9)19(21)22)18-5-3-10(4-6-18)14(16)17/h7-8H,3-6H2,1-2H3. The maximum atomic E-state index is 12.6. The van der Waals surface area contributed by atoms with Gasteiger partial charge in [-0.1, -0.05) is 0 Å². The van der Waals surface area contributed by atoms with Gasteiger partial charge >= 0.3 is 5.97 Å². The van der Waals surface area contributed by atoms with E-state index in [-0.39, 0.29) is 42.8 Å². The van der Waals surface area contributed by atoms with Crippen LogP contribution in [0.2, 0.25) is 0 Å². The van der Waals surface area contributed by atoms with Crippen LogP contribution in [-0.2, 0) is 4.74 Å². The van der Waals surface area contributed by atoms with E-state index in [0.717, 1.165) is 0 Å². The summed E-state index contributed by atoms with van der Waals surface area (Å²) < 4.78 is 30.0. The number of nitro benzene ring substituents is 1. The molecule has 2 rings (SSSR count). The van der Waals surface area contributed by atoms with Gasteiger partial charge in [0.25, 0.3) is 11.8 Å². The first-order valence-corrected chi connectivity index (χ1v) is 7.00. The van der Waals surface area contributed by atoms with Crippen molar-refractivity contribution in [3.63, 3.8) is 0 Å². The van der Waals surface area contributed by atoms with E-state index in [0.29, 0.717) is 11.3 Å². The van der Waals surface area contributed by atoms with E-state index in [1.807, 2.05) is 0 Å². The van der Waals surface area contributed by atoms with Crippen LogP contribution in [0.15, 0.2) is 23.8 Å². The van der Waals surface area contributed by atoms with Crippen LogP contribution in [0.25, 0.3) is 0 Å². The van der Waals surface area contributed by atoms with Crippen LogP contribution in [0, 0.1) is 17.0 Å². The molecule has 0 aromatic heterocycles. The lowest BCUT2D eigenvalue weighted by Crippen LogP contribution is -2.32. The van der Waals surface area contributed by atoms with Crippen LogP contribution >= 0.6 is 0 Å².